The van der Waals surface area contributed by atoms with E-state index >= 15 is 0 Å². The zero-order valence-corrected chi connectivity index (χ0v) is 37.4. The third-order valence-electron chi connectivity index (χ3n) is 12.2. The third-order valence-corrected chi connectivity index (χ3v) is 12.2. The Balaban J connectivity index is 1.26. The minimum atomic E-state index is -2.32. The molecule has 0 aliphatic carbocycles. The molecule has 312 valence electrons. The Labute approximate surface area is 376 Å². The molecule has 1 N–H and O–H groups in total. The van der Waals surface area contributed by atoms with Crippen molar-refractivity contribution in [3.05, 3.63) is 192 Å². The Hall–Kier alpha value is -7.04. The molecule has 4 nitrogen and oxygen atoms in total. The number of fused-ring (bicyclic) bond motifs is 1. The summed E-state index contributed by atoms with van der Waals surface area (Å²) < 4.78 is 27.3. The lowest BCUT2D eigenvalue weighted by Gasteiger charge is -2.22. The normalized spacial score (nSPS) is 12.9. The zero-order valence-electron chi connectivity index (χ0n) is 40.4. The van der Waals surface area contributed by atoms with Crippen molar-refractivity contribution < 1.29 is 9.22 Å². The third kappa shape index (κ3) is 8.10. The van der Waals surface area contributed by atoms with Crippen LogP contribution in [-0.2, 0) is 10.8 Å². The quantitative estimate of drug-likeness (QED) is 0.174. The lowest BCUT2D eigenvalue weighted by molar-refractivity contribution is 0.472. The highest BCUT2D eigenvalue weighted by atomic mass is 16.3. The predicted molar refractivity (Wildman–Crippen MR) is 265 cm³/mol. The minimum Gasteiger partial charge on any atom is -0.507 e. The molecule has 2 aromatic heterocycles. The van der Waals surface area contributed by atoms with Crippen LogP contribution in [0.5, 0.6) is 5.75 Å². The molecule has 0 amide bonds. The van der Waals surface area contributed by atoms with Gasteiger partial charge in [-0.3, -0.25) is 9.55 Å². The van der Waals surface area contributed by atoms with Gasteiger partial charge in [0.25, 0.3) is 0 Å². The summed E-state index contributed by atoms with van der Waals surface area (Å²) in [4.78, 5) is 10.4. The fraction of sp³-hybridized carbons (Fsp3) is 0.186. The monoisotopic (exact) mass is 824 g/mol. The second-order valence-corrected chi connectivity index (χ2v) is 18.9. The summed E-state index contributed by atoms with van der Waals surface area (Å²) in [6.45, 7) is 14.8. The smallest absolute Gasteiger partial charge is 0.149 e. The van der Waals surface area contributed by atoms with E-state index in [1.807, 2.05) is 44.3 Å². The molecule has 9 aromatic rings. The Kier molecular flexibility index (Phi) is 9.58. The SMILES string of the molecule is [2H]C([2H])([2H])c1ccc(-n2c(-c3cc(C)cc(C)c3O)nc3c(-c4cc(-c5cc(-c6ccc(-c7ccccc7)cc6)ccn5)cc(C(C)(C)C)c4)cccc32)c(-c2ccc(C(C)(C)C)cc2)c1. The number of hydrogen-bond donors (Lipinski definition) is 1. The van der Waals surface area contributed by atoms with Crippen molar-refractivity contribution in [3.63, 3.8) is 0 Å². The van der Waals surface area contributed by atoms with E-state index in [4.69, 9.17) is 14.1 Å². The lowest BCUT2D eigenvalue weighted by Crippen LogP contribution is -2.11. The standard InChI is InChI=1S/C59H55N3O/c1-37-18-27-53(50(31-37)43-23-25-47(26-24-43)58(4,5)6)62-54-17-13-16-49(55(54)61-57(62)51-32-38(2)30-39(3)56(51)63)45-33-46(35-48(34-45)59(7,8)9)52-36-44(28-29-60-52)42-21-19-41(20-22-42)40-14-11-10-12-15-40/h10-36,63H,1-9H3/i1D3. The summed E-state index contributed by atoms with van der Waals surface area (Å²) in [6, 6.07) is 53.9. The number of aryl methyl sites for hydroxylation is 3. The first kappa shape index (κ1) is 37.7. The highest BCUT2D eigenvalue weighted by Gasteiger charge is 2.25. The van der Waals surface area contributed by atoms with Gasteiger partial charge >= 0.3 is 0 Å². The molecule has 0 saturated carbocycles. The maximum atomic E-state index is 11.8. The number of para-hydroxylation sites is 1. The maximum absolute atomic E-state index is 11.8. The molecular weight excluding hydrogens is 767 g/mol. The van der Waals surface area contributed by atoms with Crippen LogP contribution in [0.3, 0.4) is 0 Å². The Morgan fingerprint density at radius 1 is 0.508 bits per heavy atom. The van der Waals surface area contributed by atoms with Crippen LogP contribution in [0, 0.1) is 20.7 Å². The number of pyridine rings is 1. The minimum absolute atomic E-state index is 0.0648. The first-order chi connectivity index (χ1) is 31.3. The van der Waals surface area contributed by atoms with Crippen molar-refractivity contribution >= 4 is 11.0 Å². The first-order valence-corrected chi connectivity index (χ1v) is 21.7. The first-order valence-electron chi connectivity index (χ1n) is 23.2. The molecule has 2 heterocycles. The number of rotatable bonds is 7. The second-order valence-electron chi connectivity index (χ2n) is 18.9. The summed E-state index contributed by atoms with van der Waals surface area (Å²) in [5.41, 5.74) is 16.9. The van der Waals surface area contributed by atoms with Gasteiger partial charge in [0, 0.05) is 27.0 Å². The Morgan fingerprint density at radius 3 is 1.86 bits per heavy atom. The van der Waals surface area contributed by atoms with Crippen LogP contribution < -0.4 is 0 Å². The van der Waals surface area contributed by atoms with Crippen molar-refractivity contribution in [1.29, 1.82) is 0 Å². The van der Waals surface area contributed by atoms with Crippen LogP contribution in [0.25, 0.3) is 83.9 Å². The largest absolute Gasteiger partial charge is 0.507 e. The number of nitrogens with zero attached hydrogens (tertiary/aromatic N) is 3. The van der Waals surface area contributed by atoms with E-state index in [-0.39, 0.29) is 22.1 Å². The summed E-state index contributed by atoms with van der Waals surface area (Å²) in [7, 11) is 0. The molecule has 0 aliphatic rings. The van der Waals surface area contributed by atoms with E-state index in [1.54, 1.807) is 12.1 Å². The molecule has 63 heavy (non-hydrogen) atoms. The number of hydrogen-bond acceptors (Lipinski definition) is 3. The molecular formula is C59H55N3O. The summed E-state index contributed by atoms with van der Waals surface area (Å²) in [6.07, 6.45) is 1.88. The van der Waals surface area contributed by atoms with E-state index in [2.05, 4.69) is 167 Å². The van der Waals surface area contributed by atoms with Gasteiger partial charge in [-0.05, 0) is 136 Å². The molecule has 0 radical (unpaired) electrons. The van der Waals surface area contributed by atoms with Gasteiger partial charge in [0.1, 0.15) is 11.6 Å². The highest BCUT2D eigenvalue weighted by molar-refractivity contribution is 5.98. The van der Waals surface area contributed by atoms with Gasteiger partial charge in [-0.1, -0.05) is 156 Å². The Morgan fingerprint density at radius 2 is 1.16 bits per heavy atom. The molecule has 0 saturated heterocycles. The predicted octanol–water partition coefficient (Wildman–Crippen LogP) is 15.6. The molecule has 0 atom stereocenters. The fourth-order valence-corrected chi connectivity index (χ4v) is 8.62. The van der Waals surface area contributed by atoms with Crippen molar-refractivity contribution in [3.8, 4) is 78.6 Å². The highest BCUT2D eigenvalue weighted by Crippen LogP contribution is 2.43. The van der Waals surface area contributed by atoms with Crippen LogP contribution in [0.15, 0.2) is 164 Å². The molecule has 4 heteroatoms. The number of phenols is 1. The number of benzene rings is 7. The van der Waals surface area contributed by atoms with Gasteiger partial charge in [0.05, 0.1) is 28.0 Å². The topological polar surface area (TPSA) is 50.9 Å². The number of aromatic hydroxyl groups is 1. The lowest BCUT2D eigenvalue weighted by atomic mass is 9.83. The average Bonchev–Trinajstić information content (AvgIpc) is 3.69. The van der Waals surface area contributed by atoms with Crippen LogP contribution in [0.2, 0.25) is 0 Å². The molecule has 9 rings (SSSR count). The molecule has 0 aliphatic heterocycles. The summed E-state index contributed by atoms with van der Waals surface area (Å²) in [5.74, 6) is 0.697. The van der Waals surface area contributed by atoms with Crippen molar-refractivity contribution in [2.75, 3.05) is 0 Å². The second kappa shape index (κ2) is 16.0. The van der Waals surface area contributed by atoms with Crippen LogP contribution in [0.1, 0.15) is 73.5 Å². The van der Waals surface area contributed by atoms with E-state index in [9.17, 15) is 5.11 Å². The fourth-order valence-electron chi connectivity index (χ4n) is 8.62. The van der Waals surface area contributed by atoms with Crippen LogP contribution in [-0.4, -0.2) is 19.6 Å². The molecule has 0 spiro atoms. The van der Waals surface area contributed by atoms with Crippen LogP contribution >= 0.6 is 0 Å². The molecule has 7 aromatic carbocycles. The maximum Gasteiger partial charge on any atom is 0.149 e. The average molecular weight is 825 g/mol. The van der Waals surface area contributed by atoms with Crippen LogP contribution in [0.4, 0.5) is 0 Å². The molecule has 0 bridgehead atoms. The van der Waals surface area contributed by atoms with Gasteiger partial charge in [0.15, 0.2) is 0 Å². The number of imidazole rings is 1. The number of aromatic nitrogens is 3. The van der Waals surface area contributed by atoms with Gasteiger partial charge in [-0.15, -0.1) is 0 Å². The number of phenolic OH excluding ortho intramolecular Hbond substituents is 1. The van der Waals surface area contributed by atoms with E-state index in [1.165, 1.54) is 16.7 Å². The van der Waals surface area contributed by atoms with Gasteiger partial charge in [-0.2, -0.15) is 0 Å². The summed E-state index contributed by atoms with van der Waals surface area (Å²) in [5, 5.41) is 11.8. The van der Waals surface area contributed by atoms with Gasteiger partial charge in [0.2, 0.25) is 0 Å². The molecule has 0 fully saturated rings. The molecule has 0 unspecified atom stereocenters. The zero-order chi connectivity index (χ0) is 46.7. The van der Waals surface area contributed by atoms with E-state index in [0.29, 0.717) is 11.4 Å². The van der Waals surface area contributed by atoms with E-state index < -0.39 is 6.85 Å². The van der Waals surface area contributed by atoms with Gasteiger partial charge in [-0.25, -0.2) is 4.98 Å². The van der Waals surface area contributed by atoms with Gasteiger partial charge < -0.3 is 5.11 Å². The van der Waals surface area contributed by atoms with Crippen molar-refractivity contribution in [2.24, 2.45) is 0 Å². The Bertz CT molecular complexity index is 3260. The van der Waals surface area contributed by atoms with Crippen molar-refractivity contribution in [1.82, 2.24) is 14.5 Å². The summed E-state index contributed by atoms with van der Waals surface area (Å²) >= 11 is 0. The van der Waals surface area contributed by atoms with E-state index in [0.717, 1.165) is 78.0 Å². The van der Waals surface area contributed by atoms with Crippen molar-refractivity contribution in [2.45, 2.75) is 73.1 Å².